The first-order chi connectivity index (χ1) is 8.21. The molecule has 0 spiro atoms. The van der Waals surface area contributed by atoms with Crippen LogP contribution in [-0.2, 0) is 6.42 Å². The molecule has 1 nitrogen and oxygen atoms in total. The van der Waals surface area contributed by atoms with Crippen LogP contribution in [0.5, 0.6) is 0 Å². The third kappa shape index (κ3) is 2.08. The van der Waals surface area contributed by atoms with E-state index < -0.39 is 0 Å². The highest BCUT2D eigenvalue weighted by Crippen LogP contribution is 2.47. The Kier molecular flexibility index (Phi) is 2.45. The Morgan fingerprint density at radius 3 is 2.53 bits per heavy atom. The summed E-state index contributed by atoms with van der Waals surface area (Å²) in [7, 11) is 0. The van der Waals surface area contributed by atoms with Crippen molar-refractivity contribution in [2.75, 3.05) is 0 Å². The zero-order chi connectivity index (χ0) is 11.9. The minimum atomic E-state index is -0.0525. The van der Waals surface area contributed by atoms with E-state index in [4.69, 9.17) is 5.26 Å². The average molecular weight is 286 g/mol. The molecule has 17 heavy (non-hydrogen) atoms. The maximum Gasteiger partial charge on any atom is 0.0693 e. The molecule has 0 saturated heterocycles. The van der Waals surface area contributed by atoms with Gasteiger partial charge in [-0.05, 0) is 47.7 Å². The summed E-state index contributed by atoms with van der Waals surface area (Å²) in [6.07, 6.45) is 3.01. The lowest BCUT2D eigenvalue weighted by Crippen LogP contribution is -2.00. The SMILES string of the molecule is N#CC1(Cc2ccc3cc(Br)ccc3c2)CC1. The van der Waals surface area contributed by atoms with Gasteiger partial charge >= 0.3 is 0 Å². The van der Waals surface area contributed by atoms with Crippen molar-refractivity contribution in [1.29, 1.82) is 5.26 Å². The molecule has 0 unspecified atom stereocenters. The van der Waals surface area contributed by atoms with E-state index in [9.17, 15) is 0 Å². The summed E-state index contributed by atoms with van der Waals surface area (Å²) in [5, 5.41) is 11.6. The van der Waals surface area contributed by atoms with E-state index in [1.807, 2.05) is 0 Å². The van der Waals surface area contributed by atoms with Gasteiger partial charge in [-0.25, -0.2) is 0 Å². The molecule has 1 fully saturated rings. The van der Waals surface area contributed by atoms with Gasteiger partial charge < -0.3 is 0 Å². The maximum atomic E-state index is 9.11. The van der Waals surface area contributed by atoms with Crippen molar-refractivity contribution in [2.24, 2.45) is 5.41 Å². The summed E-state index contributed by atoms with van der Waals surface area (Å²) in [6, 6.07) is 15.2. The van der Waals surface area contributed by atoms with E-state index in [0.29, 0.717) is 0 Å². The van der Waals surface area contributed by atoms with Gasteiger partial charge in [-0.1, -0.05) is 40.2 Å². The van der Waals surface area contributed by atoms with Crippen molar-refractivity contribution in [3.63, 3.8) is 0 Å². The Balaban J connectivity index is 1.97. The topological polar surface area (TPSA) is 23.8 Å². The fourth-order valence-electron chi connectivity index (χ4n) is 2.25. The fourth-order valence-corrected chi connectivity index (χ4v) is 2.62. The molecule has 2 aromatic rings. The van der Waals surface area contributed by atoms with E-state index in [1.54, 1.807) is 0 Å². The van der Waals surface area contributed by atoms with Crippen LogP contribution < -0.4 is 0 Å². The number of hydrogen-bond donors (Lipinski definition) is 0. The van der Waals surface area contributed by atoms with Crippen LogP contribution >= 0.6 is 15.9 Å². The van der Waals surface area contributed by atoms with Crippen molar-refractivity contribution in [3.8, 4) is 6.07 Å². The Labute approximate surface area is 109 Å². The van der Waals surface area contributed by atoms with Crippen LogP contribution in [0.15, 0.2) is 40.9 Å². The van der Waals surface area contributed by atoms with E-state index in [-0.39, 0.29) is 5.41 Å². The summed E-state index contributed by atoms with van der Waals surface area (Å²) in [6.45, 7) is 0. The van der Waals surface area contributed by atoms with E-state index in [0.717, 1.165) is 23.7 Å². The van der Waals surface area contributed by atoms with Crippen molar-refractivity contribution in [1.82, 2.24) is 0 Å². The number of nitrogens with zero attached hydrogens (tertiary/aromatic N) is 1. The second-order valence-electron chi connectivity index (χ2n) is 4.89. The summed E-state index contributed by atoms with van der Waals surface area (Å²) < 4.78 is 1.11. The third-order valence-corrected chi connectivity index (χ3v) is 3.99. The minimum absolute atomic E-state index is 0.0525. The Morgan fingerprint density at radius 2 is 1.82 bits per heavy atom. The first-order valence-electron chi connectivity index (χ1n) is 5.80. The Hall–Kier alpha value is -1.33. The number of rotatable bonds is 2. The molecule has 0 amide bonds. The first kappa shape index (κ1) is 10.8. The van der Waals surface area contributed by atoms with E-state index >= 15 is 0 Å². The van der Waals surface area contributed by atoms with Crippen molar-refractivity contribution in [2.45, 2.75) is 19.3 Å². The second-order valence-corrected chi connectivity index (χ2v) is 5.81. The molecule has 0 atom stereocenters. The zero-order valence-corrected chi connectivity index (χ0v) is 11.0. The van der Waals surface area contributed by atoms with Gasteiger partial charge in [0.05, 0.1) is 11.5 Å². The molecule has 0 heterocycles. The number of nitriles is 1. The molecule has 1 saturated carbocycles. The fraction of sp³-hybridized carbons (Fsp3) is 0.267. The largest absolute Gasteiger partial charge is 0.198 e. The highest BCUT2D eigenvalue weighted by Gasteiger charge is 2.42. The van der Waals surface area contributed by atoms with Gasteiger partial charge in [-0.15, -0.1) is 0 Å². The minimum Gasteiger partial charge on any atom is -0.198 e. The number of benzene rings is 2. The predicted octanol–water partition coefficient (Wildman–Crippen LogP) is 4.45. The molecule has 1 aliphatic rings. The van der Waals surface area contributed by atoms with Crippen molar-refractivity contribution in [3.05, 3.63) is 46.4 Å². The summed E-state index contributed by atoms with van der Waals surface area (Å²) in [4.78, 5) is 0. The van der Waals surface area contributed by atoms with Gasteiger partial charge in [0.1, 0.15) is 0 Å². The molecule has 3 rings (SSSR count). The Bertz CT molecular complexity index is 620. The Morgan fingerprint density at radius 1 is 1.12 bits per heavy atom. The molecular weight excluding hydrogens is 274 g/mol. The highest BCUT2D eigenvalue weighted by atomic mass is 79.9. The summed E-state index contributed by atoms with van der Waals surface area (Å²) in [5.41, 5.74) is 1.22. The van der Waals surface area contributed by atoms with Gasteiger partial charge in [0.15, 0.2) is 0 Å². The molecule has 2 aromatic carbocycles. The normalized spacial score (nSPS) is 16.7. The van der Waals surface area contributed by atoms with Crippen LogP contribution in [0.25, 0.3) is 10.8 Å². The van der Waals surface area contributed by atoms with Gasteiger partial charge in [0.2, 0.25) is 0 Å². The van der Waals surface area contributed by atoms with Crippen LogP contribution in [-0.4, -0.2) is 0 Å². The van der Waals surface area contributed by atoms with Gasteiger partial charge in [0.25, 0.3) is 0 Å². The molecule has 0 N–H and O–H groups in total. The van der Waals surface area contributed by atoms with Crippen LogP contribution in [0.2, 0.25) is 0 Å². The van der Waals surface area contributed by atoms with Crippen LogP contribution in [0.3, 0.4) is 0 Å². The van der Waals surface area contributed by atoms with Crippen molar-refractivity contribution < 1.29 is 0 Å². The van der Waals surface area contributed by atoms with Crippen LogP contribution in [0.1, 0.15) is 18.4 Å². The molecule has 0 aliphatic heterocycles. The zero-order valence-electron chi connectivity index (χ0n) is 9.41. The maximum absolute atomic E-state index is 9.11. The van der Waals surface area contributed by atoms with Crippen LogP contribution in [0.4, 0.5) is 0 Å². The molecular formula is C15H12BrN. The molecule has 1 aliphatic carbocycles. The molecule has 0 radical (unpaired) electrons. The van der Waals surface area contributed by atoms with Gasteiger partial charge in [-0.2, -0.15) is 5.26 Å². The molecule has 2 heteroatoms. The molecule has 0 bridgehead atoms. The lowest BCUT2D eigenvalue weighted by Gasteiger charge is -2.07. The van der Waals surface area contributed by atoms with E-state index in [2.05, 4.69) is 58.4 Å². The second kappa shape index (κ2) is 3.85. The van der Waals surface area contributed by atoms with Crippen LogP contribution in [0, 0.1) is 16.7 Å². The highest BCUT2D eigenvalue weighted by molar-refractivity contribution is 9.10. The molecule has 84 valence electrons. The van der Waals surface area contributed by atoms with E-state index in [1.165, 1.54) is 16.3 Å². The van der Waals surface area contributed by atoms with Gasteiger partial charge in [-0.3, -0.25) is 0 Å². The third-order valence-electron chi connectivity index (χ3n) is 3.50. The molecule has 0 aromatic heterocycles. The number of hydrogen-bond acceptors (Lipinski definition) is 1. The number of halogens is 1. The average Bonchev–Trinajstić information content (AvgIpc) is 3.10. The smallest absolute Gasteiger partial charge is 0.0693 e. The standard InChI is InChI=1S/C15H12BrN/c16-14-4-3-12-7-11(1-2-13(12)8-14)9-15(10-17)5-6-15/h1-4,7-8H,5-6,9H2. The summed E-state index contributed by atoms with van der Waals surface area (Å²) >= 11 is 3.48. The monoisotopic (exact) mass is 285 g/mol. The lowest BCUT2D eigenvalue weighted by molar-refractivity contribution is 0.665. The van der Waals surface area contributed by atoms with Crippen molar-refractivity contribution >= 4 is 26.7 Å². The lowest BCUT2D eigenvalue weighted by atomic mass is 9.96. The van der Waals surface area contributed by atoms with Gasteiger partial charge in [0, 0.05) is 4.47 Å². The predicted molar refractivity (Wildman–Crippen MR) is 72.6 cm³/mol. The number of fused-ring (bicyclic) bond motifs is 1. The summed E-state index contributed by atoms with van der Waals surface area (Å²) in [5.74, 6) is 0. The first-order valence-corrected chi connectivity index (χ1v) is 6.60. The quantitative estimate of drug-likeness (QED) is 0.800.